The molecule has 5 nitrogen and oxygen atoms in total. The van der Waals surface area contributed by atoms with Crippen molar-refractivity contribution in [2.75, 3.05) is 11.9 Å². The fourth-order valence-corrected chi connectivity index (χ4v) is 3.89. The molecule has 2 aromatic carbocycles. The van der Waals surface area contributed by atoms with Crippen LogP contribution in [-0.2, 0) is 11.2 Å². The van der Waals surface area contributed by atoms with Crippen molar-refractivity contribution in [2.45, 2.75) is 13.3 Å². The van der Waals surface area contributed by atoms with Crippen LogP contribution in [0, 0.1) is 0 Å². The van der Waals surface area contributed by atoms with E-state index in [0.717, 1.165) is 33.3 Å². The van der Waals surface area contributed by atoms with Crippen molar-refractivity contribution >= 4 is 39.5 Å². The zero-order chi connectivity index (χ0) is 19.5. The minimum absolute atomic E-state index is 0.0849. The molecule has 0 saturated carbocycles. The molecule has 0 spiro atoms. The number of ether oxygens (including phenoxy) is 1. The number of nitrogens with one attached hydrogen (secondary N) is 1. The Hall–Kier alpha value is -2.83. The van der Waals surface area contributed by atoms with Gasteiger partial charge in [-0.15, -0.1) is 11.3 Å². The van der Waals surface area contributed by atoms with Crippen LogP contribution in [0.3, 0.4) is 0 Å². The molecule has 1 amide bonds. The third-order valence-electron chi connectivity index (χ3n) is 4.21. The number of hydrogen-bond acceptors (Lipinski definition) is 4. The average molecular weight is 412 g/mol. The molecule has 4 aromatic rings. The summed E-state index contributed by atoms with van der Waals surface area (Å²) in [6.07, 6.45) is 2.23. The van der Waals surface area contributed by atoms with Gasteiger partial charge in [0.05, 0.1) is 18.7 Å². The second-order valence-corrected chi connectivity index (χ2v) is 7.47. The first-order valence-corrected chi connectivity index (χ1v) is 10.1. The Morgan fingerprint density at radius 2 is 1.93 bits per heavy atom. The minimum atomic E-state index is -0.0849. The number of thiazole rings is 1. The summed E-state index contributed by atoms with van der Waals surface area (Å²) in [5.41, 5.74) is 3.50. The average Bonchev–Trinajstić information content (AvgIpc) is 3.27. The fraction of sp³-hybridized carbons (Fsp3) is 0.143. The number of anilines is 1. The Labute approximate surface area is 171 Å². The van der Waals surface area contributed by atoms with Gasteiger partial charge in [-0.05, 0) is 55.5 Å². The maximum Gasteiger partial charge on any atom is 0.230 e. The van der Waals surface area contributed by atoms with E-state index in [-0.39, 0.29) is 12.3 Å². The molecule has 7 heteroatoms. The normalized spacial score (nSPS) is 10.9. The summed E-state index contributed by atoms with van der Waals surface area (Å²) < 4.78 is 7.45. The predicted molar refractivity (Wildman–Crippen MR) is 113 cm³/mol. The van der Waals surface area contributed by atoms with Crippen LogP contribution in [0.5, 0.6) is 5.75 Å². The SMILES string of the molecule is CCOc1ccc(-c2cn3c(CC(=O)Nc4ccc(Cl)cc4)csc3n2)cc1. The van der Waals surface area contributed by atoms with Crippen molar-refractivity contribution in [1.82, 2.24) is 9.38 Å². The van der Waals surface area contributed by atoms with Crippen LogP contribution in [0.4, 0.5) is 5.69 Å². The zero-order valence-corrected chi connectivity index (χ0v) is 16.8. The molecule has 4 rings (SSSR count). The van der Waals surface area contributed by atoms with Crippen LogP contribution >= 0.6 is 22.9 Å². The summed E-state index contributed by atoms with van der Waals surface area (Å²) >= 11 is 7.40. The summed E-state index contributed by atoms with van der Waals surface area (Å²) in [4.78, 5) is 17.9. The van der Waals surface area contributed by atoms with E-state index in [9.17, 15) is 4.79 Å². The number of halogens is 1. The molecule has 0 unspecified atom stereocenters. The molecule has 1 N–H and O–H groups in total. The third kappa shape index (κ3) is 4.03. The quantitative estimate of drug-likeness (QED) is 0.468. The standard InChI is InChI=1S/C21H18ClN3O2S/c1-2-27-18-9-3-14(4-10-18)19-12-25-17(13-28-21(25)24-19)11-20(26)23-16-7-5-15(22)6-8-16/h3-10,12-13H,2,11H2,1H3,(H,23,26). The molecule has 0 bridgehead atoms. The van der Waals surface area contributed by atoms with Crippen molar-refractivity contribution in [2.24, 2.45) is 0 Å². The van der Waals surface area contributed by atoms with Crippen molar-refractivity contribution in [3.63, 3.8) is 0 Å². The van der Waals surface area contributed by atoms with Crippen LogP contribution in [-0.4, -0.2) is 21.9 Å². The lowest BCUT2D eigenvalue weighted by atomic mass is 10.1. The number of nitrogens with zero attached hydrogens (tertiary/aromatic N) is 2. The molecule has 2 heterocycles. The molecule has 0 saturated heterocycles. The van der Waals surface area contributed by atoms with Gasteiger partial charge in [-0.25, -0.2) is 4.98 Å². The second kappa shape index (κ2) is 8.04. The van der Waals surface area contributed by atoms with Gasteiger partial charge in [0.25, 0.3) is 0 Å². The molecule has 0 atom stereocenters. The Balaban J connectivity index is 1.51. The van der Waals surface area contributed by atoms with E-state index in [1.165, 1.54) is 11.3 Å². The number of carbonyl (C=O) groups is 1. The van der Waals surface area contributed by atoms with E-state index in [2.05, 4.69) is 10.3 Å². The van der Waals surface area contributed by atoms with E-state index >= 15 is 0 Å². The number of rotatable bonds is 6. The van der Waals surface area contributed by atoms with Gasteiger partial charge in [-0.2, -0.15) is 0 Å². The number of aromatic nitrogens is 2. The van der Waals surface area contributed by atoms with E-state index in [4.69, 9.17) is 16.3 Å². The highest BCUT2D eigenvalue weighted by Gasteiger charge is 2.13. The Bertz CT molecular complexity index is 1100. The Morgan fingerprint density at radius 1 is 1.18 bits per heavy atom. The Kier molecular flexibility index (Phi) is 5.32. The summed E-state index contributed by atoms with van der Waals surface area (Å²) in [5.74, 6) is 0.755. The first-order valence-electron chi connectivity index (χ1n) is 8.86. The monoisotopic (exact) mass is 411 g/mol. The van der Waals surface area contributed by atoms with Crippen LogP contribution in [0.25, 0.3) is 16.2 Å². The highest BCUT2D eigenvalue weighted by Crippen LogP contribution is 2.26. The lowest BCUT2D eigenvalue weighted by Gasteiger charge is -2.05. The van der Waals surface area contributed by atoms with Gasteiger partial charge in [0.15, 0.2) is 4.96 Å². The highest BCUT2D eigenvalue weighted by atomic mass is 35.5. The van der Waals surface area contributed by atoms with Crippen molar-refractivity contribution in [3.8, 4) is 17.0 Å². The van der Waals surface area contributed by atoms with Crippen LogP contribution in [0.15, 0.2) is 60.1 Å². The van der Waals surface area contributed by atoms with Crippen LogP contribution in [0.1, 0.15) is 12.6 Å². The molecule has 142 valence electrons. The fourth-order valence-electron chi connectivity index (χ4n) is 2.89. The second-order valence-electron chi connectivity index (χ2n) is 6.19. The van der Waals surface area contributed by atoms with Crippen molar-refractivity contribution in [1.29, 1.82) is 0 Å². The van der Waals surface area contributed by atoms with Gasteiger partial charge >= 0.3 is 0 Å². The Morgan fingerprint density at radius 3 is 2.64 bits per heavy atom. The van der Waals surface area contributed by atoms with Gasteiger partial charge in [-0.3, -0.25) is 9.20 Å². The number of benzene rings is 2. The predicted octanol–water partition coefficient (Wildman–Crippen LogP) is 5.30. The number of hydrogen-bond donors (Lipinski definition) is 1. The van der Waals surface area contributed by atoms with Gasteiger partial charge in [0, 0.05) is 33.5 Å². The lowest BCUT2D eigenvalue weighted by molar-refractivity contribution is -0.115. The van der Waals surface area contributed by atoms with E-state index in [0.29, 0.717) is 11.6 Å². The number of imidazole rings is 1. The molecule has 0 radical (unpaired) electrons. The van der Waals surface area contributed by atoms with Gasteiger partial charge < -0.3 is 10.1 Å². The largest absolute Gasteiger partial charge is 0.494 e. The summed E-state index contributed by atoms with van der Waals surface area (Å²) in [7, 11) is 0. The third-order valence-corrected chi connectivity index (χ3v) is 5.35. The van der Waals surface area contributed by atoms with E-state index < -0.39 is 0 Å². The number of amides is 1. The lowest BCUT2D eigenvalue weighted by Crippen LogP contribution is -2.15. The molecular formula is C21H18ClN3O2S. The van der Waals surface area contributed by atoms with Crippen molar-refractivity contribution in [3.05, 3.63) is 70.8 Å². The molecule has 28 heavy (non-hydrogen) atoms. The van der Waals surface area contributed by atoms with Crippen LogP contribution < -0.4 is 10.1 Å². The van der Waals surface area contributed by atoms with Gasteiger partial charge in [-0.1, -0.05) is 11.6 Å². The summed E-state index contributed by atoms with van der Waals surface area (Å²) in [6, 6.07) is 14.9. The molecule has 0 aliphatic rings. The van der Waals surface area contributed by atoms with Gasteiger partial charge in [0.1, 0.15) is 5.75 Å². The van der Waals surface area contributed by atoms with E-state index in [1.54, 1.807) is 24.3 Å². The van der Waals surface area contributed by atoms with E-state index in [1.807, 2.05) is 47.2 Å². The number of fused-ring (bicyclic) bond motifs is 1. The smallest absolute Gasteiger partial charge is 0.230 e. The summed E-state index contributed by atoms with van der Waals surface area (Å²) in [6.45, 7) is 2.60. The maximum atomic E-state index is 12.4. The van der Waals surface area contributed by atoms with Crippen LogP contribution in [0.2, 0.25) is 5.02 Å². The maximum absolute atomic E-state index is 12.4. The molecule has 0 aliphatic heterocycles. The van der Waals surface area contributed by atoms with Gasteiger partial charge in [0.2, 0.25) is 5.91 Å². The first kappa shape index (κ1) is 18.5. The topological polar surface area (TPSA) is 55.6 Å². The molecule has 0 fully saturated rings. The summed E-state index contributed by atoms with van der Waals surface area (Å²) in [5, 5.41) is 5.49. The highest BCUT2D eigenvalue weighted by molar-refractivity contribution is 7.15. The zero-order valence-electron chi connectivity index (χ0n) is 15.2. The molecule has 2 aromatic heterocycles. The minimum Gasteiger partial charge on any atom is -0.494 e. The molecular weight excluding hydrogens is 394 g/mol. The molecule has 0 aliphatic carbocycles. The number of carbonyl (C=O) groups excluding carboxylic acids is 1. The van der Waals surface area contributed by atoms with Crippen molar-refractivity contribution < 1.29 is 9.53 Å². The first-order chi connectivity index (χ1) is 13.6.